The molecular weight excluding hydrogens is 502 g/mol. The molecule has 8 nitrogen and oxygen atoms in total. The standard InChI is InChI=1S/C29H43N3O5S/c1-7-23(5)30-29(34)27(8-2)31(21-24-14-11-10-13-22(24)4)28(33)15-12-20-32(38(6,35)36)25-16-18-26(19-17-25)37-9-3/h10-11,13-14,16-19,23,27H,7-9,12,15,20-21H2,1-6H3,(H,30,34)/t23-,27-/m0/s1. The summed E-state index contributed by atoms with van der Waals surface area (Å²) in [7, 11) is -3.56. The van der Waals surface area contributed by atoms with Crippen LogP contribution in [0.3, 0.4) is 0 Å². The van der Waals surface area contributed by atoms with Gasteiger partial charge in [-0.3, -0.25) is 13.9 Å². The Morgan fingerprint density at radius 1 is 1.00 bits per heavy atom. The van der Waals surface area contributed by atoms with Gasteiger partial charge in [-0.2, -0.15) is 0 Å². The first-order chi connectivity index (χ1) is 18.0. The second-order valence-electron chi connectivity index (χ2n) is 9.56. The molecule has 2 aromatic rings. The quantitative estimate of drug-likeness (QED) is 0.351. The second kappa shape index (κ2) is 14.8. The Bertz CT molecular complexity index is 1150. The summed E-state index contributed by atoms with van der Waals surface area (Å²) in [5, 5.41) is 3.01. The summed E-state index contributed by atoms with van der Waals surface area (Å²) in [5.41, 5.74) is 2.53. The van der Waals surface area contributed by atoms with E-state index >= 15 is 0 Å². The Hall–Kier alpha value is -3.07. The molecule has 0 spiro atoms. The Labute approximate surface area is 228 Å². The highest BCUT2D eigenvalue weighted by Crippen LogP contribution is 2.23. The molecule has 9 heteroatoms. The average Bonchev–Trinajstić information content (AvgIpc) is 2.87. The lowest BCUT2D eigenvalue weighted by Gasteiger charge is -2.32. The number of rotatable bonds is 15. The number of carbonyl (C=O) groups excluding carboxylic acids is 2. The second-order valence-corrected chi connectivity index (χ2v) is 11.5. The molecule has 2 rings (SSSR count). The summed E-state index contributed by atoms with van der Waals surface area (Å²) in [6.07, 6.45) is 2.85. The Morgan fingerprint density at radius 2 is 1.66 bits per heavy atom. The van der Waals surface area contributed by atoms with Gasteiger partial charge < -0.3 is 15.0 Å². The van der Waals surface area contributed by atoms with Gasteiger partial charge in [0.1, 0.15) is 11.8 Å². The minimum atomic E-state index is -3.56. The molecule has 1 N–H and O–H groups in total. The van der Waals surface area contributed by atoms with Crippen LogP contribution in [0, 0.1) is 6.92 Å². The molecular formula is C29H43N3O5S. The first kappa shape index (κ1) is 31.1. The predicted molar refractivity (Wildman–Crippen MR) is 153 cm³/mol. The molecule has 0 fully saturated rings. The molecule has 0 aliphatic heterocycles. The number of hydrogen-bond donors (Lipinski definition) is 1. The minimum Gasteiger partial charge on any atom is -0.494 e. The van der Waals surface area contributed by atoms with E-state index in [9.17, 15) is 18.0 Å². The maximum atomic E-state index is 13.6. The number of nitrogens with one attached hydrogen (secondary N) is 1. The van der Waals surface area contributed by atoms with E-state index in [2.05, 4.69) is 5.32 Å². The number of anilines is 1. The Balaban J connectivity index is 2.22. The van der Waals surface area contributed by atoms with Crippen LogP contribution in [0.4, 0.5) is 5.69 Å². The van der Waals surface area contributed by atoms with E-state index in [0.717, 1.165) is 23.8 Å². The van der Waals surface area contributed by atoms with Gasteiger partial charge in [0.2, 0.25) is 21.8 Å². The lowest BCUT2D eigenvalue weighted by atomic mass is 10.0. The number of hydrogen-bond acceptors (Lipinski definition) is 5. The van der Waals surface area contributed by atoms with Crippen molar-refractivity contribution in [3.63, 3.8) is 0 Å². The van der Waals surface area contributed by atoms with Gasteiger partial charge in [-0.25, -0.2) is 8.42 Å². The van der Waals surface area contributed by atoms with E-state index in [-0.39, 0.29) is 30.8 Å². The molecule has 0 saturated heterocycles. The Morgan fingerprint density at radius 3 is 2.21 bits per heavy atom. The average molecular weight is 546 g/mol. The van der Waals surface area contributed by atoms with Crippen molar-refractivity contribution in [3.8, 4) is 5.75 Å². The predicted octanol–water partition coefficient (Wildman–Crippen LogP) is 4.66. The molecule has 0 aliphatic carbocycles. The summed E-state index contributed by atoms with van der Waals surface area (Å²) in [6.45, 7) is 10.7. The summed E-state index contributed by atoms with van der Waals surface area (Å²) >= 11 is 0. The molecule has 0 aromatic heterocycles. The van der Waals surface area contributed by atoms with E-state index in [1.807, 2.05) is 58.9 Å². The lowest BCUT2D eigenvalue weighted by molar-refractivity contribution is -0.141. The summed E-state index contributed by atoms with van der Waals surface area (Å²) in [5.74, 6) is 0.309. The van der Waals surface area contributed by atoms with Gasteiger partial charge in [0.15, 0.2) is 0 Å². The maximum absolute atomic E-state index is 13.6. The van der Waals surface area contributed by atoms with Crippen molar-refractivity contribution in [2.45, 2.75) is 78.9 Å². The summed E-state index contributed by atoms with van der Waals surface area (Å²) in [4.78, 5) is 28.3. The van der Waals surface area contributed by atoms with Crippen LogP contribution in [0.1, 0.15) is 64.5 Å². The largest absolute Gasteiger partial charge is 0.494 e. The topological polar surface area (TPSA) is 96.0 Å². The van der Waals surface area contributed by atoms with E-state index < -0.39 is 16.1 Å². The highest BCUT2D eigenvalue weighted by Gasteiger charge is 2.29. The van der Waals surface area contributed by atoms with Crippen LogP contribution in [0.25, 0.3) is 0 Å². The zero-order valence-corrected chi connectivity index (χ0v) is 24.4. The fraction of sp³-hybridized carbons (Fsp3) is 0.517. The van der Waals surface area contributed by atoms with Crippen LogP contribution < -0.4 is 14.4 Å². The van der Waals surface area contributed by atoms with Crippen LogP contribution in [-0.2, 0) is 26.2 Å². The molecule has 38 heavy (non-hydrogen) atoms. The van der Waals surface area contributed by atoms with Gasteiger partial charge in [-0.15, -0.1) is 0 Å². The van der Waals surface area contributed by atoms with E-state index in [0.29, 0.717) is 37.4 Å². The van der Waals surface area contributed by atoms with Crippen molar-refractivity contribution in [1.29, 1.82) is 0 Å². The normalized spacial score (nSPS) is 12.9. The van der Waals surface area contributed by atoms with Gasteiger partial charge in [0.25, 0.3) is 0 Å². The van der Waals surface area contributed by atoms with E-state index in [1.54, 1.807) is 29.2 Å². The fourth-order valence-corrected chi connectivity index (χ4v) is 5.18. The molecule has 0 unspecified atom stereocenters. The van der Waals surface area contributed by atoms with Crippen molar-refractivity contribution < 1.29 is 22.7 Å². The van der Waals surface area contributed by atoms with Crippen LogP contribution in [0.5, 0.6) is 5.75 Å². The molecule has 0 bridgehead atoms. The van der Waals surface area contributed by atoms with Crippen molar-refractivity contribution >= 4 is 27.5 Å². The minimum absolute atomic E-state index is 0.00407. The summed E-state index contributed by atoms with van der Waals surface area (Å²) in [6, 6.07) is 14.1. The van der Waals surface area contributed by atoms with Crippen molar-refractivity contribution in [2.24, 2.45) is 0 Å². The van der Waals surface area contributed by atoms with Gasteiger partial charge >= 0.3 is 0 Å². The third-order valence-corrected chi connectivity index (χ3v) is 7.77. The van der Waals surface area contributed by atoms with Gasteiger partial charge in [-0.1, -0.05) is 38.1 Å². The van der Waals surface area contributed by atoms with Crippen LogP contribution >= 0.6 is 0 Å². The lowest BCUT2D eigenvalue weighted by Crippen LogP contribution is -2.50. The van der Waals surface area contributed by atoms with Crippen LogP contribution in [-0.4, -0.2) is 56.6 Å². The van der Waals surface area contributed by atoms with Gasteiger partial charge in [0.05, 0.1) is 18.6 Å². The Kier molecular flexibility index (Phi) is 12.1. The molecule has 2 amide bonds. The maximum Gasteiger partial charge on any atom is 0.243 e. The van der Waals surface area contributed by atoms with Gasteiger partial charge in [0, 0.05) is 25.6 Å². The smallest absolute Gasteiger partial charge is 0.243 e. The third kappa shape index (κ3) is 9.04. The number of amides is 2. The molecule has 0 radical (unpaired) electrons. The van der Waals surface area contributed by atoms with Crippen molar-refractivity contribution in [2.75, 3.05) is 23.7 Å². The zero-order valence-electron chi connectivity index (χ0n) is 23.6. The monoisotopic (exact) mass is 545 g/mol. The zero-order chi connectivity index (χ0) is 28.3. The molecule has 0 heterocycles. The first-order valence-corrected chi connectivity index (χ1v) is 15.2. The van der Waals surface area contributed by atoms with E-state index in [4.69, 9.17) is 4.74 Å². The molecule has 0 saturated carbocycles. The molecule has 0 aliphatic rings. The highest BCUT2D eigenvalue weighted by atomic mass is 32.2. The van der Waals surface area contributed by atoms with Crippen LogP contribution in [0.2, 0.25) is 0 Å². The SMILES string of the molecule is CCOc1ccc(N(CCCC(=O)N(Cc2ccccc2C)[C@@H](CC)C(=O)N[C@@H](C)CC)S(C)(=O)=O)cc1. The number of benzene rings is 2. The third-order valence-electron chi connectivity index (χ3n) is 6.58. The van der Waals surface area contributed by atoms with Gasteiger partial charge in [-0.05, 0) is 75.4 Å². The van der Waals surface area contributed by atoms with Crippen LogP contribution in [0.15, 0.2) is 48.5 Å². The molecule has 2 aromatic carbocycles. The van der Waals surface area contributed by atoms with E-state index in [1.165, 1.54) is 4.31 Å². The number of ether oxygens (including phenoxy) is 1. The molecule has 2 atom stereocenters. The first-order valence-electron chi connectivity index (χ1n) is 13.4. The number of nitrogens with zero attached hydrogens (tertiary/aromatic N) is 2. The highest BCUT2D eigenvalue weighted by molar-refractivity contribution is 7.92. The summed E-state index contributed by atoms with van der Waals surface area (Å²) < 4.78 is 31.9. The fourth-order valence-electron chi connectivity index (χ4n) is 4.21. The molecule has 210 valence electrons. The van der Waals surface area contributed by atoms with Crippen molar-refractivity contribution in [3.05, 3.63) is 59.7 Å². The number of aryl methyl sites for hydroxylation is 1. The number of carbonyl (C=O) groups is 2. The van der Waals surface area contributed by atoms with Crippen molar-refractivity contribution in [1.82, 2.24) is 10.2 Å². The number of sulfonamides is 1.